The van der Waals surface area contributed by atoms with E-state index < -0.39 is 9.70 Å². The molecule has 1 atom stereocenters. The van der Waals surface area contributed by atoms with Gasteiger partial charge in [0.05, 0.1) is 4.32 Å². The summed E-state index contributed by atoms with van der Waals surface area (Å²) in [4.78, 5) is 1.07. The van der Waals surface area contributed by atoms with Crippen molar-refractivity contribution < 1.29 is 0 Å². The Balaban J connectivity index is 2.07. The number of benzene rings is 2. The smallest absolute Gasteiger partial charge is 0.0753 e. The van der Waals surface area contributed by atoms with Crippen molar-refractivity contribution in [2.75, 3.05) is 0 Å². The summed E-state index contributed by atoms with van der Waals surface area (Å²) in [5, 5.41) is 0. The van der Waals surface area contributed by atoms with Crippen molar-refractivity contribution in [3.05, 3.63) is 83.9 Å². The highest BCUT2D eigenvalue weighted by Gasteiger charge is 2.17. The maximum Gasteiger partial charge on any atom is 0.0907 e. The first-order valence-corrected chi connectivity index (χ1v) is 8.66. The van der Waals surface area contributed by atoms with Crippen molar-refractivity contribution >= 4 is 46.8 Å². The summed E-state index contributed by atoms with van der Waals surface area (Å²) >= 11 is 6.50. The Labute approximate surface area is 130 Å². The molecule has 3 rings (SSSR count). The molecule has 0 aliphatic carbocycles. The van der Waals surface area contributed by atoms with Crippen LogP contribution in [0.4, 0.5) is 0 Å². The lowest BCUT2D eigenvalue weighted by Crippen LogP contribution is -1.98. The first-order chi connectivity index (χ1) is 9.77. The third-order valence-electron chi connectivity index (χ3n) is 3.11. The highest BCUT2D eigenvalue weighted by atomic mass is 35.7. The second kappa shape index (κ2) is 6.01. The number of allylic oxidation sites excluding steroid dienone is 3. The van der Waals surface area contributed by atoms with Crippen LogP contribution in [-0.4, -0.2) is 4.32 Å². The molecule has 1 unspecified atom stereocenters. The van der Waals surface area contributed by atoms with Gasteiger partial charge in [0.25, 0.3) is 0 Å². The van der Waals surface area contributed by atoms with E-state index in [1.807, 2.05) is 54.6 Å². The van der Waals surface area contributed by atoms with Crippen LogP contribution in [0.25, 0.3) is 10.5 Å². The zero-order valence-corrected chi connectivity index (χ0v) is 12.9. The molecule has 0 saturated heterocycles. The van der Waals surface area contributed by atoms with Crippen LogP contribution in [0.15, 0.2) is 72.8 Å². The molecule has 0 aromatic heterocycles. The van der Waals surface area contributed by atoms with Gasteiger partial charge in [0.15, 0.2) is 0 Å². The van der Waals surface area contributed by atoms with Crippen LogP contribution in [0.2, 0.25) is 0 Å². The van der Waals surface area contributed by atoms with Gasteiger partial charge in [-0.1, -0.05) is 78.3 Å². The summed E-state index contributed by atoms with van der Waals surface area (Å²) in [7, 11) is 5.95. The van der Waals surface area contributed by atoms with Crippen molar-refractivity contribution in [3.8, 4) is 0 Å². The molecule has 0 fully saturated rings. The highest BCUT2D eigenvalue weighted by Crippen LogP contribution is 2.45. The maximum atomic E-state index is 6.56. The van der Waals surface area contributed by atoms with Crippen molar-refractivity contribution in [3.63, 3.8) is 0 Å². The summed E-state index contributed by atoms with van der Waals surface area (Å²) in [6.07, 6.45) is 4.12. The van der Waals surface area contributed by atoms with E-state index in [-0.39, 0.29) is 0 Å². The van der Waals surface area contributed by atoms with Gasteiger partial charge in [0.2, 0.25) is 0 Å². The molecular weight excluding hydrogens is 307 g/mol. The first-order valence-electron chi connectivity index (χ1n) is 6.23. The minimum Gasteiger partial charge on any atom is -0.0753 e. The molecule has 2 aromatic rings. The van der Waals surface area contributed by atoms with E-state index in [0.717, 1.165) is 21.6 Å². The van der Waals surface area contributed by atoms with Gasteiger partial charge in [0, 0.05) is 10.5 Å². The minimum atomic E-state index is -0.607. The zero-order chi connectivity index (χ0) is 13.9. The van der Waals surface area contributed by atoms with Crippen molar-refractivity contribution in [1.29, 1.82) is 0 Å². The molecule has 0 N–H and O–H groups in total. The van der Waals surface area contributed by atoms with Crippen LogP contribution in [0.5, 0.6) is 0 Å². The molecule has 0 amide bonds. The normalized spacial score (nSPS) is 18.5. The van der Waals surface area contributed by atoms with Crippen molar-refractivity contribution in [1.82, 2.24) is 0 Å². The van der Waals surface area contributed by atoms with Crippen LogP contribution in [0.1, 0.15) is 11.1 Å². The largest absolute Gasteiger partial charge is 0.0907 e. The molecule has 0 saturated carbocycles. The van der Waals surface area contributed by atoms with Crippen LogP contribution in [0.3, 0.4) is 0 Å². The lowest BCUT2D eigenvalue weighted by atomic mass is 10.1. The first kappa shape index (κ1) is 13.7. The number of hydrogen-bond donors (Lipinski definition) is 0. The summed E-state index contributed by atoms with van der Waals surface area (Å²) in [6, 6.07) is 20.2. The Bertz CT molecular complexity index is 650. The van der Waals surface area contributed by atoms with E-state index in [1.165, 1.54) is 0 Å². The van der Waals surface area contributed by atoms with Gasteiger partial charge in [-0.15, -0.1) is 0 Å². The van der Waals surface area contributed by atoms with Gasteiger partial charge in [-0.05, 0) is 37.6 Å². The van der Waals surface area contributed by atoms with E-state index in [1.54, 1.807) is 0 Å². The fourth-order valence-electron chi connectivity index (χ4n) is 2.11. The molecule has 20 heavy (non-hydrogen) atoms. The molecular formula is C17H12Cl2S. The third kappa shape index (κ3) is 2.62. The highest BCUT2D eigenvalue weighted by molar-refractivity contribution is 8.43. The molecule has 0 spiro atoms. The van der Waals surface area contributed by atoms with E-state index in [9.17, 15) is 0 Å². The predicted octanol–water partition coefficient (Wildman–Crippen LogP) is 5.92. The zero-order valence-electron chi connectivity index (χ0n) is 10.6. The summed E-state index contributed by atoms with van der Waals surface area (Å²) < 4.78 is 0.708. The fraction of sp³-hybridized carbons (Fsp3) is 0. The average molecular weight is 319 g/mol. The van der Waals surface area contributed by atoms with Gasteiger partial charge >= 0.3 is 0 Å². The number of hydrogen-bond acceptors (Lipinski definition) is 0. The van der Waals surface area contributed by atoms with Gasteiger partial charge in [-0.2, -0.15) is 0 Å². The van der Waals surface area contributed by atoms with Crippen molar-refractivity contribution in [2.45, 2.75) is 0 Å². The predicted molar refractivity (Wildman–Crippen MR) is 93.1 cm³/mol. The Hall–Kier alpha value is -1.28. The number of halogens is 2. The van der Waals surface area contributed by atoms with Gasteiger partial charge in [-0.3, -0.25) is 0 Å². The molecule has 0 radical (unpaired) electrons. The van der Waals surface area contributed by atoms with E-state index >= 15 is 0 Å². The van der Waals surface area contributed by atoms with Gasteiger partial charge in [-0.25, -0.2) is 0 Å². The van der Waals surface area contributed by atoms with Crippen LogP contribution >= 0.6 is 32.0 Å². The molecule has 0 nitrogen and oxygen atoms in total. The Kier molecular flexibility index (Phi) is 4.11. The third-order valence-corrected chi connectivity index (χ3v) is 6.26. The summed E-state index contributed by atoms with van der Waals surface area (Å²) in [5.41, 5.74) is 3.22. The van der Waals surface area contributed by atoms with Crippen molar-refractivity contribution in [2.24, 2.45) is 0 Å². The van der Waals surface area contributed by atoms with Gasteiger partial charge < -0.3 is 0 Å². The Morgan fingerprint density at radius 3 is 1.85 bits per heavy atom. The molecule has 1 heterocycles. The second-order valence-electron chi connectivity index (χ2n) is 4.37. The SMILES string of the molecule is ClC1=S(Cl)C(c2ccccc2)=CC=C1c1ccccc1. The fourth-order valence-corrected chi connectivity index (χ4v) is 4.30. The second-order valence-corrected chi connectivity index (χ2v) is 7.26. The molecule has 1 aliphatic rings. The number of rotatable bonds is 2. The van der Waals surface area contributed by atoms with Crippen LogP contribution in [0, 0.1) is 0 Å². The van der Waals surface area contributed by atoms with E-state index in [4.69, 9.17) is 22.3 Å². The Morgan fingerprint density at radius 1 is 0.700 bits per heavy atom. The monoisotopic (exact) mass is 318 g/mol. The molecule has 100 valence electrons. The lowest BCUT2D eigenvalue weighted by Gasteiger charge is -2.16. The summed E-state index contributed by atoms with van der Waals surface area (Å²) in [6.45, 7) is 0. The van der Waals surface area contributed by atoms with Crippen LogP contribution in [-0.2, 0) is 0 Å². The summed E-state index contributed by atoms with van der Waals surface area (Å²) in [5.74, 6) is 0. The topological polar surface area (TPSA) is 0 Å². The maximum absolute atomic E-state index is 6.56. The molecule has 1 aliphatic heterocycles. The lowest BCUT2D eigenvalue weighted by molar-refractivity contribution is 1.63. The molecule has 0 bridgehead atoms. The van der Waals surface area contributed by atoms with Crippen LogP contribution < -0.4 is 0 Å². The Morgan fingerprint density at radius 2 is 1.25 bits per heavy atom. The molecule has 2 aromatic carbocycles. The van der Waals surface area contributed by atoms with E-state index in [0.29, 0.717) is 4.32 Å². The minimum absolute atomic E-state index is 0.607. The van der Waals surface area contributed by atoms with E-state index in [2.05, 4.69) is 18.2 Å². The quantitative estimate of drug-likeness (QED) is 0.476. The van der Waals surface area contributed by atoms with Gasteiger partial charge in [0.1, 0.15) is 0 Å². The molecule has 3 heteroatoms. The average Bonchev–Trinajstić information content (AvgIpc) is 2.52. The standard InChI is InChI=1S/C17H12Cl2S/c18-17-15(13-7-3-1-4-8-13)11-12-16(20(17)19)14-9-5-2-6-10-14/h1-12H.